The molecular weight excluding hydrogens is 429 g/mol. The van der Waals surface area contributed by atoms with E-state index in [4.69, 9.17) is 0 Å². The van der Waals surface area contributed by atoms with E-state index in [2.05, 4.69) is 20.4 Å². The molecule has 1 aliphatic rings. The molecule has 1 aliphatic heterocycles. The highest BCUT2D eigenvalue weighted by Crippen LogP contribution is 2.20. The van der Waals surface area contributed by atoms with Gasteiger partial charge in [0.1, 0.15) is 17.1 Å². The molecule has 10 nitrogen and oxygen atoms in total. The number of rotatable bonds is 6. The van der Waals surface area contributed by atoms with Crippen molar-refractivity contribution < 1.29 is 14.3 Å². The van der Waals surface area contributed by atoms with Gasteiger partial charge in [-0.1, -0.05) is 0 Å². The van der Waals surface area contributed by atoms with Crippen LogP contribution in [0.3, 0.4) is 0 Å². The van der Waals surface area contributed by atoms with Crippen LogP contribution < -0.4 is 20.7 Å². The largest absolute Gasteiger partial charge is 0.394 e. The van der Waals surface area contributed by atoms with Gasteiger partial charge in [-0.3, -0.25) is 14.3 Å². The number of nitrogens with one attached hydrogen (secondary N) is 1. The van der Waals surface area contributed by atoms with E-state index in [0.717, 1.165) is 5.69 Å². The Hall–Kier alpha value is -3.73. The van der Waals surface area contributed by atoms with Crippen molar-refractivity contribution in [1.82, 2.24) is 24.9 Å². The number of carbonyl (C=O) groups excluding carboxylic acids is 1. The van der Waals surface area contributed by atoms with Crippen molar-refractivity contribution in [3.8, 4) is 5.69 Å². The number of hydrogen-bond donors (Lipinski definition) is 2. The quantitative estimate of drug-likeness (QED) is 0.559. The number of hydrogen-bond acceptors (Lipinski definition) is 7. The molecule has 174 valence electrons. The van der Waals surface area contributed by atoms with E-state index in [-0.39, 0.29) is 18.0 Å². The van der Waals surface area contributed by atoms with Crippen molar-refractivity contribution in [3.05, 3.63) is 64.5 Å². The zero-order valence-corrected chi connectivity index (χ0v) is 18.5. The number of anilines is 2. The lowest BCUT2D eigenvalue weighted by molar-refractivity contribution is 0.0920. The maximum atomic E-state index is 13.2. The normalized spacial score (nSPS) is 14.9. The van der Waals surface area contributed by atoms with Crippen LogP contribution >= 0.6 is 0 Å². The first kappa shape index (κ1) is 22.5. The van der Waals surface area contributed by atoms with Crippen molar-refractivity contribution in [1.29, 1.82) is 0 Å². The van der Waals surface area contributed by atoms with Crippen LogP contribution in [0.5, 0.6) is 0 Å². The van der Waals surface area contributed by atoms with Crippen LogP contribution in [-0.4, -0.2) is 69.4 Å². The van der Waals surface area contributed by atoms with E-state index in [1.165, 1.54) is 29.1 Å². The van der Waals surface area contributed by atoms with Gasteiger partial charge in [0.2, 0.25) is 0 Å². The molecule has 3 heterocycles. The number of carbonyl (C=O) groups is 1. The maximum Gasteiger partial charge on any atom is 0.284 e. The molecule has 33 heavy (non-hydrogen) atoms. The smallest absolute Gasteiger partial charge is 0.284 e. The number of aromatic nitrogens is 4. The predicted molar refractivity (Wildman–Crippen MR) is 121 cm³/mol. The Kier molecular flexibility index (Phi) is 6.40. The lowest BCUT2D eigenvalue weighted by Gasteiger charge is -2.36. The molecule has 11 heteroatoms. The van der Waals surface area contributed by atoms with Gasteiger partial charge in [0, 0.05) is 51.0 Å². The van der Waals surface area contributed by atoms with Gasteiger partial charge in [0.05, 0.1) is 19.0 Å². The molecule has 1 fully saturated rings. The number of aryl methyl sites for hydroxylation is 1. The third-order valence-electron chi connectivity index (χ3n) is 5.53. The van der Waals surface area contributed by atoms with E-state index in [1.807, 2.05) is 4.90 Å². The van der Waals surface area contributed by atoms with Gasteiger partial charge < -0.3 is 20.2 Å². The zero-order chi connectivity index (χ0) is 23.5. The van der Waals surface area contributed by atoms with Crippen LogP contribution in [0, 0.1) is 5.82 Å². The standard InChI is InChI=1S/C22H26FN7O3/c1-15(14-31)25-21(32)19-11-20(26-30(22(19)33)18-12-24-27(2)13-18)29-9-7-28(8-10-29)17-5-3-16(23)4-6-17/h3-6,11-13,15,31H,7-10,14H2,1-2H3,(H,25,32)/t15-/m0/s1. The molecule has 0 spiro atoms. The Balaban J connectivity index is 1.63. The highest BCUT2D eigenvalue weighted by atomic mass is 19.1. The summed E-state index contributed by atoms with van der Waals surface area (Å²) in [5.74, 6) is -0.368. The first-order valence-corrected chi connectivity index (χ1v) is 10.7. The van der Waals surface area contributed by atoms with Crippen molar-refractivity contribution in [2.45, 2.75) is 13.0 Å². The minimum absolute atomic E-state index is 0.0647. The summed E-state index contributed by atoms with van der Waals surface area (Å²) < 4.78 is 16.0. The van der Waals surface area contributed by atoms with Gasteiger partial charge in [-0.05, 0) is 31.2 Å². The second kappa shape index (κ2) is 9.41. The molecule has 0 bridgehead atoms. The predicted octanol–water partition coefficient (Wildman–Crippen LogP) is 0.542. The van der Waals surface area contributed by atoms with E-state index < -0.39 is 17.5 Å². The second-order valence-corrected chi connectivity index (χ2v) is 8.01. The number of amides is 1. The van der Waals surface area contributed by atoms with Crippen LogP contribution in [0.25, 0.3) is 5.69 Å². The molecule has 3 aromatic rings. The number of nitrogens with zero attached hydrogens (tertiary/aromatic N) is 6. The fraction of sp³-hybridized carbons (Fsp3) is 0.364. The van der Waals surface area contributed by atoms with Crippen LogP contribution in [0.1, 0.15) is 17.3 Å². The van der Waals surface area contributed by atoms with E-state index >= 15 is 0 Å². The number of benzene rings is 1. The van der Waals surface area contributed by atoms with Crippen molar-refractivity contribution >= 4 is 17.4 Å². The molecule has 1 aromatic carbocycles. The Morgan fingerprint density at radius 3 is 2.42 bits per heavy atom. The molecule has 0 saturated carbocycles. The molecule has 1 amide bonds. The first-order chi connectivity index (χ1) is 15.9. The van der Waals surface area contributed by atoms with E-state index in [9.17, 15) is 19.1 Å². The molecule has 2 N–H and O–H groups in total. The van der Waals surface area contributed by atoms with Gasteiger partial charge in [-0.2, -0.15) is 9.78 Å². The summed E-state index contributed by atoms with van der Waals surface area (Å²) in [5.41, 5.74) is 0.741. The molecule has 2 aromatic heterocycles. The summed E-state index contributed by atoms with van der Waals surface area (Å²) >= 11 is 0. The van der Waals surface area contributed by atoms with E-state index in [0.29, 0.717) is 37.7 Å². The monoisotopic (exact) mass is 455 g/mol. The summed E-state index contributed by atoms with van der Waals surface area (Å²) in [6.45, 7) is 3.94. The molecule has 1 atom stereocenters. The number of piperazine rings is 1. The average Bonchev–Trinajstić information content (AvgIpc) is 3.25. The fourth-order valence-electron chi connectivity index (χ4n) is 3.68. The minimum Gasteiger partial charge on any atom is -0.394 e. The van der Waals surface area contributed by atoms with Crippen LogP contribution in [-0.2, 0) is 7.05 Å². The zero-order valence-electron chi connectivity index (χ0n) is 18.5. The highest BCUT2D eigenvalue weighted by molar-refractivity contribution is 5.94. The van der Waals surface area contributed by atoms with Crippen LogP contribution in [0.4, 0.5) is 15.9 Å². The summed E-state index contributed by atoms with van der Waals surface area (Å²) in [6.07, 6.45) is 3.14. The maximum absolute atomic E-state index is 13.2. The SMILES string of the molecule is C[C@@H](CO)NC(=O)c1cc(N2CCN(c3ccc(F)cc3)CC2)nn(-c2cnn(C)c2)c1=O. The van der Waals surface area contributed by atoms with Gasteiger partial charge in [-0.25, -0.2) is 4.39 Å². The third-order valence-corrected chi connectivity index (χ3v) is 5.53. The second-order valence-electron chi connectivity index (χ2n) is 8.01. The van der Waals surface area contributed by atoms with Gasteiger partial charge in [-0.15, -0.1) is 5.10 Å². The van der Waals surface area contributed by atoms with Crippen molar-refractivity contribution in [2.24, 2.45) is 7.05 Å². The van der Waals surface area contributed by atoms with Crippen LogP contribution in [0.15, 0.2) is 47.5 Å². The van der Waals surface area contributed by atoms with Gasteiger partial charge in [0.25, 0.3) is 11.5 Å². The Bertz CT molecular complexity index is 1180. The van der Waals surface area contributed by atoms with Crippen molar-refractivity contribution in [3.63, 3.8) is 0 Å². The Morgan fingerprint density at radius 2 is 1.82 bits per heavy atom. The lowest BCUT2D eigenvalue weighted by atomic mass is 10.2. The molecule has 0 aliphatic carbocycles. The lowest BCUT2D eigenvalue weighted by Crippen LogP contribution is -2.47. The molecule has 1 saturated heterocycles. The summed E-state index contributed by atoms with van der Waals surface area (Å²) in [6, 6.07) is 7.35. The average molecular weight is 455 g/mol. The Morgan fingerprint density at radius 1 is 1.15 bits per heavy atom. The number of halogens is 1. The summed E-state index contributed by atoms with van der Waals surface area (Å²) in [7, 11) is 1.73. The van der Waals surface area contributed by atoms with Gasteiger partial charge in [0.15, 0.2) is 5.82 Å². The first-order valence-electron chi connectivity index (χ1n) is 10.7. The third kappa shape index (κ3) is 4.87. The number of aliphatic hydroxyl groups is 1. The minimum atomic E-state index is -0.576. The summed E-state index contributed by atoms with van der Waals surface area (Å²) in [5, 5.41) is 20.5. The number of aliphatic hydroxyl groups excluding tert-OH is 1. The topological polar surface area (TPSA) is 109 Å². The van der Waals surface area contributed by atoms with Crippen molar-refractivity contribution in [2.75, 3.05) is 42.6 Å². The fourth-order valence-corrected chi connectivity index (χ4v) is 3.68. The summed E-state index contributed by atoms with van der Waals surface area (Å²) in [4.78, 5) is 30.0. The molecule has 4 rings (SSSR count). The van der Waals surface area contributed by atoms with Gasteiger partial charge >= 0.3 is 0 Å². The Labute approximate surface area is 189 Å². The van der Waals surface area contributed by atoms with Crippen LogP contribution in [0.2, 0.25) is 0 Å². The van der Waals surface area contributed by atoms with E-state index in [1.54, 1.807) is 37.0 Å². The molecule has 0 radical (unpaired) electrons. The molecule has 0 unspecified atom stereocenters. The molecular formula is C22H26FN7O3. The highest BCUT2D eigenvalue weighted by Gasteiger charge is 2.24.